The number of halogens is 2. The van der Waals surface area contributed by atoms with E-state index < -0.39 is 11.6 Å². The van der Waals surface area contributed by atoms with Crippen molar-refractivity contribution in [1.29, 1.82) is 0 Å². The summed E-state index contributed by atoms with van der Waals surface area (Å²) in [6.45, 7) is 0. The summed E-state index contributed by atoms with van der Waals surface area (Å²) in [5, 5.41) is 2.93. The summed E-state index contributed by atoms with van der Waals surface area (Å²) in [5.41, 5.74) is 2.53. The Hall–Kier alpha value is -2.89. The lowest BCUT2D eigenvalue weighted by Gasteiger charge is -2.12. The van der Waals surface area contributed by atoms with Gasteiger partial charge in [-0.25, -0.2) is 9.37 Å². The highest BCUT2D eigenvalue weighted by atomic mass is 19.2. The van der Waals surface area contributed by atoms with Crippen molar-refractivity contribution < 1.29 is 13.5 Å². The van der Waals surface area contributed by atoms with E-state index in [0.717, 1.165) is 23.6 Å². The van der Waals surface area contributed by atoms with Gasteiger partial charge in [-0.15, -0.1) is 0 Å². The molecule has 2 heterocycles. The van der Waals surface area contributed by atoms with Gasteiger partial charge in [0.15, 0.2) is 11.6 Å². The second-order valence-corrected chi connectivity index (χ2v) is 5.01. The van der Waals surface area contributed by atoms with Gasteiger partial charge >= 0.3 is 0 Å². The Morgan fingerprint density at radius 3 is 2.65 bits per heavy atom. The lowest BCUT2D eigenvalue weighted by atomic mass is 10.1. The molecule has 0 saturated heterocycles. The molecule has 3 rings (SSSR count). The standard InChI is InChI=1S/C17H15F2N3O/c1-23-17-14(4-3-13(18)16(17)19)22-15-5-2-11(10-21-15)8-12-6-7-20-9-12/h2-7,9-10,20H,8H2,1H3,(H,21,22). The maximum absolute atomic E-state index is 13.7. The van der Waals surface area contributed by atoms with Gasteiger partial charge < -0.3 is 15.0 Å². The van der Waals surface area contributed by atoms with Gasteiger partial charge in [0.2, 0.25) is 5.82 Å². The maximum atomic E-state index is 13.7. The highest BCUT2D eigenvalue weighted by Crippen LogP contribution is 2.31. The number of pyridine rings is 1. The number of nitrogens with zero attached hydrogens (tertiary/aromatic N) is 1. The molecule has 0 spiro atoms. The van der Waals surface area contributed by atoms with Gasteiger partial charge in [-0.05, 0) is 35.4 Å². The first-order valence-electron chi connectivity index (χ1n) is 7.03. The number of hydrogen-bond donors (Lipinski definition) is 2. The molecule has 0 saturated carbocycles. The molecule has 0 fully saturated rings. The van der Waals surface area contributed by atoms with Gasteiger partial charge in [-0.3, -0.25) is 0 Å². The molecular formula is C17H15F2N3O. The van der Waals surface area contributed by atoms with E-state index in [0.29, 0.717) is 11.5 Å². The maximum Gasteiger partial charge on any atom is 0.202 e. The third-order valence-electron chi connectivity index (χ3n) is 3.41. The number of ether oxygens (including phenoxy) is 1. The molecule has 2 N–H and O–H groups in total. The summed E-state index contributed by atoms with van der Waals surface area (Å²) in [6, 6.07) is 8.16. The van der Waals surface area contributed by atoms with Crippen LogP contribution in [-0.2, 0) is 6.42 Å². The number of benzene rings is 1. The molecule has 0 radical (unpaired) electrons. The van der Waals surface area contributed by atoms with E-state index in [1.807, 2.05) is 24.5 Å². The third kappa shape index (κ3) is 3.31. The molecule has 23 heavy (non-hydrogen) atoms. The van der Waals surface area contributed by atoms with E-state index in [4.69, 9.17) is 4.74 Å². The molecule has 0 amide bonds. The first-order chi connectivity index (χ1) is 11.2. The molecule has 118 valence electrons. The number of anilines is 2. The van der Waals surface area contributed by atoms with Crippen LogP contribution in [0.15, 0.2) is 48.9 Å². The minimum absolute atomic E-state index is 0.178. The van der Waals surface area contributed by atoms with Crippen LogP contribution < -0.4 is 10.1 Å². The molecule has 1 aromatic carbocycles. The Labute approximate surface area is 132 Å². The van der Waals surface area contributed by atoms with Crippen LogP contribution in [0.3, 0.4) is 0 Å². The number of H-pyrrole nitrogens is 1. The topological polar surface area (TPSA) is 49.9 Å². The Bertz CT molecular complexity index is 786. The van der Waals surface area contributed by atoms with E-state index in [1.165, 1.54) is 13.2 Å². The highest BCUT2D eigenvalue weighted by molar-refractivity contribution is 5.64. The van der Waals surface area contributed by atoms with Crippen molar-refractivity contribution in [2.24, 2.45) is 0 Å². The first-order valence-corrected chi connectivity index (χ1v) is 7.03. The summed E-state index contributed by atoms with van der Waals surface area (Å²) in [5.74, 6) is -1.64. The van der Waals surface area contributed by atoms with E-state index in [-0.39, 0.29) is 5.75 Å². The predicted octanol–water partition coefficient (Wildman–Crippen LogP) is 4.03. The molecule has 3 aromatic rings. The average molecular weight is 315 g/mol. The van der Waals surface area contributed by atoms with Gasteiger partial charge in [-0.2, -0.15) is 4.39 Å². The number of aromatic nitrogens is 2. The van der Waals surface area contributed by atoms with Crippen LogP contribution in [0.5, 0.6) is 5.75 Å². The fraction of sp³-hybridized carbons (Fsp3) is 0.118. The summed E-state index contributed by atoms with van der Waals surface area (Å²) in [4.78, 5) is 7.29. The summed E-state index contributed by atoms with van der Waals surface area (Å²) in [6.07, 6.45) is 6.30. The van der Waals surface area contributed by atoms with E-state index >= 15 is 0 Å². The van der Waals surface area contributed by atoms with Gasteiger partial charge in [0.1, 0.15) is 5.82 Å². The quantitative estimate of drug-likeness (QED) is 0.747. The minimum atomic E-state index is -1.03. The predicted molar refractivity (Wildman–Crippen MR) is 84.0 cm³/mol. The molecule has 0 aliphatic rings. The van der Waals surface area contributed by atoms with Crippen molar-refractivity contribution in [3.05, 3.63) is 71.7 Å². The van der Waals surface area contributed by atoms with Gasteiger partial charge in [-0.1, -0.05) is 6.07 Å². The Kier molecular flexibility index (Phi) is 4.23. The molecule has 0 unspecified atom stereocenters. The summed E-state index contributed by atoms with van der Waals surface area (Å²) in [7, 11) is 1.29. The lowest BCUT2D eigenvalue weighted by Crippen LogP contribution is -2.00. The zero-order chi connectivity index (χ0) is 16.2. The Morgan fingerprint density at radius 1 is 1.13 bits per heavy atom. The monoisotopic (exact) mass is 315 g/mol. The molecule has 2 aromatic heterocycles. The Balaban J connectivity index is 1.77. The lowest BCUT2D eigenvalue weighted by molar-refractivity contribution is 0.374. The first kappa shape index (κ1) is 15.0. The molecule has 0 bridgehead atoms. The molecular weight excluding hydrogens is 300 g/mol. The van der Waals surface area contributed by atoms with Crippen molar-refractivity contribution in [3.8, 4) is 5.75 Å². The van der Waals surface area contributed by atoms with Gasteiger partial charge in [0.05, 0.1) is 12.8 Å². The molecule has 0 atom stereocenters. The van der Waals surface area contributed by atoms with Crippen molar-refractivity contribution in [2.75, 3.05) is 12.4 Å². The SMILES string of the molecule is COc1c(Nc2ccc(Cc3cc[nH]c3)cn2)ccc(F)c1F. The molecule has 6 heteroatoms. The van der Waals surface area contributed by atoms with E-state index in [2.05, 4.69) is 15.3 Å². The largest absolute Gasteiger partial charge is 0.491 e. The number of aromatic amines is 1. The molecule has 0 aliphatic heterocycles. The number of hydrogen-bond acceptors (Lipinski definition) is 3. The highest BCUT2D eigenvalue weighted by Gasteiger charge is 2.14. The van der Waals surface area contributed by atoms with Crippen LogP contribution >= 0.6 is 0 Å². The molecule has 4 nitrogen and oxygen atoms in total. The van der Waals surface area contributed by atoms with Crippen LogP contribution in [0, 0.1) is 11.6 Å². The average Bonchev–Trinajstić information content (AvgIpc) is 3.06. The van der Waals surface area contributed by atoms with Crippen molar-refractivity contribution in [2.45, 2.75) is 6.42 Å². The van der Waals surface area contributed by atoms with Crippen LogP contribution in [0.25, 0.3) is 0 Å². The molecule has 0 aliphatic carbocycles. The van der Waals surface area contributed by atoms with Crippen molar-refractivity contribution in [3.63, 3.8) is 0 Å². The van der Waals surface area contributed by atoms with Crippen LogP contribution in [0.4, 0.5) is 20.3 Å². The van der Waals surface area contributed by atoms with Crippen molar-refractivity contribution in [1.82, 2.24) is 9.97 Å². The van der Waals surface area contributed by atoms with Crippen LogP contribution in [-0.4, -0.2) is 17.1 Å². The Morgan fingerprint density at radius 2 is 2.00 bits per heavy atom. The van der Waals surface area contributed by atoms with E-state index in [1.54, 1.807) is 12.3 Å². The minimum Gasteiger partial charge on any atom is -0.491 e. The fourth-order valence-electron chi connectivity index (χ4n) is 2.28. The van der Waals surface area contributed by atoms with Crippen molar-refractivity contribution >= 4 is 11.5 Å². The van der Waals surface area contributed by atoms with E-state index in [9.17, 15) is 8.78 Å². The second-order valence-electron chi connectivity index (χ2n) is 5.01. The number of rotatable bonds is 5. The zero-order valence-electron chi connectivity index (χ0n) is 12.4. The normalized spacial score (nSPS) is 10.6. The number of nitrogens with one attached hydrogen (secondary N) is 2. The van der Waals surface area contributed by atoms with Gasteiger partial charge in [0, 0.05) is 25.0 Å². The summed E-state index contributed by atoms with van der Waals surface area (Å²) < 4.78 is 31.8. The zero-order valence-corrected chi connectivity index (χ0v) is 12.4. The van der Waals surface area contributed by atoms with Crippen LogP contribution in [0.1, 0.15) is 11.1 Å². The second kappa shape index (κ2) is 6.48. The fourth-order valence-corrected chi connectivity index (χ4v) is 2.28. The third-order valence-corrected chi connectivity index (χ3v) is 3.41. The number of methoxy groups -OCH3 is 1. The smallest absolute Gasteiger partial charge is 0.202 e. The summed E-state index contributed by atoms with van der Waals surface area (Å²) >= 11 is 0. The van der Waals surface area contributed by atoms with Gasteiger partial charge in [0.25, 0.3) is 0 Å². The van der Waals surface area contributed by atoms with Crippen LogP contribution in [0.2, 0.25) is 0 Å².